The molecular weight excluding hydrogens is 372 g/mol. The summed E-state index contributed by atoms with van der Waals surface area (Å²) in [5, 5.41) is 4.87. The normalized spacial score (nSPS) is 12.0. The standard InChI is InChI=1S/C23H15ClN2O2/c1-28-15-10-11-16-18(12-15)22(27)20-17-4-2-3-5-19(17)26-23(21(16)20)25-14-8-6-13(24)7-9-14/h2-12H,1H3,(H,25,26). The predicted octanol–water partition coefficient (Wildman–Crippen LogP) is 5.85. The number of hydrogen-bond acceptors (Lipinski definition) is 4. The summed E-state index contributed by atoms with van der Waals surface area (Å²) in [6, 6.07) is 20.7. The molecule has 0 saturated carbocycles. The summed E-state index contributed by atoms with van der Waals surface area (Å²) in [5.74, 6) is 1.29. The van der Waals surface area contributed by atoms with E-state index in [2.05, 4.69) is 5.32 Å². The highest BCUT2D eigenvalue weighted by atomic mass is 35.5. The molecule has 0 saturated heterocycles. The Morgan fingerprint density at radius 2 is 1.71 bits per heavy atom. The monoisotopic (exact) mass is 386 g/mol. The maximum atomic E-state index is 13.3. The smallest absolute Gasteiger partial charge is 0.195 e. The van der Waals surface area contributed by atoms with E-state index in [1.807, 2.05) is 60.7 Å². The van der Waals surface area contributed by atoms with E-state index in [0.717, 1.165) is 27.7 Å². The van der Waals surface area contributed by atoms with Gasteiger partial charge in [0.25, 0.3) is 0 Å². The first-order chi connectivity index (χ1) is 13.7. The van der Waals surface area contributed by atoms with E-state index in [-0.39, 0.29) is 5.78 Å². The Morgan fingerprint density at radius 1 is 0.929 bits per heavy atom. The Balaban J connectivity index is 1.77. The van der Waals surface area contributed by atoms with Gasteiger partial charge in [0, 0.05) is 32.8 Å². The van der Waals surface area contributed by atoms with E-state index in [1.165, 1.54) is 0 Å². The molecule has 0 fully saturated rings. The Bertz CT molecular complexity index is 1250. The Kier molecular flexibility index (Phi) is 3.81. The lowest BCUT2D eigenvalue weighted by Crippen LogP contribution is -2.01. The molecule has 0 bridgehead atoms. The summed E-state index contributed by atoms with van der Waals surface area (Å²) in [7, 11) is 1.60. The summed E-state index contributed by atoms with van der Waals surface area (Å²) in [5.41, 5.74) is 4.60. The number of methoxy groups -OCH3 is 1. The third-order valence-corrected chi connectivity index (χ3v) is 5.22. The lowest BCUT2D eigenvalue weighted by Gasteiger charge is -2.13. The van der Waals surface area contributed by atoms with Crippen molar-refractivity contribution in [2.24, 2.45) is 0 Å². The third-order valence-electron chi connectivity index (χ3n) is 4.97. The van der Waals surface area contributed by atoms with Gasteiger partial charge in [-0.15, -0.1) is 0 Å². The molecule has 5 heteroatoms. The van der Waals surface area contributed by atoms with Gasteiger partial charge in [-0.05, 0) is 54.1 Å². The molecule has 0 unspecified atom stereocenters. The maximum Gasteiger partial charge on any atom is 0.195 e. The first-order valence-electron chi connectivity index (χ1n) is 8.84. The molecule has 3 aromatic carbocycles. The molecule has 5 rings (SSSR count). The van der Waals surface area contributed by atoms with Crippen LogP contribution in [0.25, 0.3) is 22.0 Å². The number of fused-ring (bicyclic) bond motifs is 5. The van der Waals surface area contributed by atoms with Crippen LogP contribution in [0.15, 0.2) is 66.7 Å². The fourth-order valence-corrected chi connectivity index (χ4v) is 3.79. The fraction of sp³-hybridized carbons (Fsp3) is 0.0435. The second-order valence-electron chi connectivity index (χ2n) is 6.60. The van der Waals surface area contributed by atoms with E-state index < -0.39 is 0 Å². The number of ether oxygens (including phenoxy) is 1. The number of aromatic nitrogens is 1. The van der Waals surface area contributed by atoms with Crippen LogP contribution in [0.1, 0.15) is 15.9 Å². The number of carbonyl (C=O) groups excluding carboxylic acids is 1. The summed E-state index contributed by atoms with van der Waals surface area (Å²) in [4.78, 5) is 18.1. The predicted molar refractivity (Wildman–Crippen MR) is 112 cm³/mol. The van der Waals surface area contributed by atoms with Gasteiger partial charge in [0.05, 0.1) is 12.6 Å². The zero-order valence-corrected chi connectivity index (χ0v) is 15.7. The molecule has 0 aliphatic heterocycles. The van der Waals surface area contributed by atoms with Crippen molar-refractivity contribution in [3.8, 4) is 16.9 Å². The second kappa shape index (κ2) is 6.36. The van der Waals surface area contributed by atoms with Crippen molar-refractivity contribution in [1.82, 2.24) is 4.98 Å². The third kappa shape index (κ3) is 2.53. The Hall–Kier alpha value is -3.37. The zero-order chi connectivity index (χ0) is 19.3. The Labute approximate surface area is 166 Å². The van der Waals surface area contributed by atoms with Crippen LogP contribution >= 0.6 is 11.6 Å². The summed E-state index contributed by atoms with van der Waals surface area (Å²) >= 11 is 6.00. The first kappa shape index (κ1) is 16.8. The largest absolute Gasteiger partial charge is 0.497 e. The number of pyridine rings is 1. The van der Waals surface area contributed by atoms with Crippen LogP contribution in [0.4, 0.5) is 11.5 Å². The van der Waals surface area contributed by atoms with Crippen LogP contribution in [0.3, 0.4) is 0 Å². The van der Waals surface area contributed by atoms with Crippen LogP contribution in [-0.4, -0.2) is 17.9 Å². The van der Waals surface area contributed by atoms with E-state index in [9.17, 15) is 4.79 Å². The summed E-state index contributed by atoms with van der Waals surface area (Å²) in [6.45, 7) is 0. The highest BCUT2D eigenvalue weighted by Crippen LogP contribution is 2.45. The quantitative estimate of drug-likeness (QED) is 0.422. The van der Waals surface area contributed by atoms with Gasteiger partial charge >= 0.3 is 0 Å². The summed E-state index contributed by atoms with van der Waals surface area (Å²) in [6.07, 6.45) is 0. The number of anilines is 2. The molecule has 0 radical (unpaired) electrons. The zero-order valence-electron chi connectivity index (χ0n) is 15.0. The van der Waals surface area contributed by atoms with Crippen molar-refractivity contribution >= 4 is 39.8 Å². The molecule has 0 spiro atoms. The van der Waals surface area contributed by atoms with E-state index in [4.69, 9.17) is 21.3 Å². The van der Waals surface area contributed by atoms with Gasteiger partial charge in [-0.25, -0.2) is 4.98 Å². The topological polar surface area (TPSA) is 51.2 Å². The average molecular weight is 387 g/mol. The van der Waals surface area contributed by atoms with E-state index in [1.54, 1.807) is 13.2 Å². The highest BCUT2D eigenvalue weighted by molar-refractivity contribution is 6.30. The molecular formula is C23H15ClN2O2. The van der Waals surface area contributed by atoms with Crippen molar-refractivity contribution in [2.75, 3.05) is 12.4 Å². The number of benzene rings is 3. The molecule has 1 aliphatic carbocycles. The number of halogens is 1. The molecule has 1 N–H and O–H groups in total. The maximum absolute atomic E-state index is 13.3. The van der Waals surface area contributed by atoms with Crippen LogP contribution in [0.5, 0.6) is 5.75 Å². The van der Waals surface area contributed by atoms with Gasteiger partial charge < -0.3 is 10.1 Å². The molecule has 136 valence electrons. The highest BCUT2D eigenvalue weighted by Gasteiger charge is 2.32. The second-order valence-corrected chi connectivity index (χ2v) is 7.04. The van der Waals surface area contributed by atoms with Crippen LogP contribution < -0.4 is 10.1 Å². The van der Waals surface area contributed by atoms with Gasteiger partial charge in [0.15, 0.2) is 5.78 Å². The summed E-state index contributed by atoms with van der Waals surface area (Å²) < 4.78 is 5.32. The van der Waals surface area contributed by atoms with Gasteiger partial charge in [0.1, 0.15) is 11.6 Å². The van der Waals surface area contributed by atoms with Gasteiger partial charge in [-0.2, -0.15) is 0 Å². The van der Waals surface area contributed by atoms with Crippen LogP contribution in [0.2, 0.25) is 5.02 Å². The van der Waals surface area contributed by atoms with Crippen molar-refractivity contribution < 1.29 is 9.53 Å². The van der Waals surface area contributed by atoms with Crippen LogP contribution in [-0.2, 0) is 0 Å². The first-order valence-corrected chi connectivity index (χ1v) is 9.22. The number of ketones is 1. The molecule has 1 aromatic heterocycles. The van der Waals surface area contributed by atoms with Crippen molar-refractivity contribution in [3.05, 3.63) is 82.9 Å². The van der Waals surface area contributed by atoms with Crippen LogP contribution in [0, 0.1) is 0 Å². The number of nitrogens with one attached hydrogen (secondary N) is 1. The number of carbonyl (C=O) groups is 1. The van der Waals surface area contributed by atoms with Crippen molar-refractivity contribution in [3.63, 3.8) is 0 Å². The average Bonchev–Trinajstić information content (AvgIpc) is 3.02. The lowest BCUT2D eigenvalue weighted by molar-refractivity contribution is 0.104. The molecule has 1 heterocycles. The SMILES string of the molecule is COc1ccc2c(c1)C(=O)c1c-2c(Nc2ccc(Cl)cc2)nc2ccccc12. The van der Waals surface area contributed by atoms with Gasteiger partial charge in [-0.3, -0.25) is 4.79 Å². The minimum Gasteiger partial charge on any atom is -0.497 e. The van der Waals surface area contributed by atoms with Gasteiger partial charge in [-0.1, -0.05) is 29.8 Å². The fourth-order valence-electron chi connectivity index (χ4n) is 3.66. The van der Waals surface area contributed by atoms with Crippen molar-refractivity contribution in [1.29, 1.82) is 0 Å². The minimum atomic E-state index is -0.0124. The molecule has 1 aliphatic rings. The Morgan fingerprint density at radius 3 is 2.50 bits per heavy atom. The number of para-hydroxylation sites is 1. The molecule has 0 amide bonds. The van der Waals surface area contributed by atoms with Gasteiger partial charge in [0.2, 0.25) is 0 Å². The van der Waals surface area contributed by atoms with Crippen molar-refractivity contribution in [2.45, 2.75) is 0 Å². The lowest BCUT2D eigenvalue weighted by atomic mass is 10.0. The molecule has 28 heavy (non-hydrogen) atoms. The number of rotatable bonds is 3. The van der Waals surface area contributed by atoms with E-state index >= 15 is 0 Å². The molecule has 4 aromatic rings. The minimum absolute atomic E-state index is 0.0124. The number of hydrogen-bond donors (Lipinski definition) is 1. The molecule has 0 atom stereocenters. The molecule has 4 nitrogen and oxygen atoms in total. The van der Waals surface area contributed by atoms with E-state index in [0.29, 0.717) is 27.7 Å². The number of nitrogens with zero attached hydrogens (tertiary/aromatic N) is 1.